The van der Waals surface area contributed by atoms with Gasteiger partial charge in [-0.3, -0.25) is 10.1 Å². The molecule has 3 aromatic rings. The lowest BCUT2D eigenvalue weighted by Gasteiger charge is -2.12. The number of amides is 3. The molecule has 2 aromatic carbocycles. The lowest BCUT2D eigenvalue weighted by Crippen LogP contribution is -2.34. The summed E-state index contributed by atoms with van der Waals surface area (Å²) >= 11 is 17.4. The highest BCUT2D eigenvalue weighted by molar-refractivity contribution is 6.40. The van der Waals surface area contributed by atoms with Gasteiger partial charge in [0, 0.05) is 6.07 Å². The monoisotopic (exact) mass is 503 g/mol. The first-order valence-electron chi connectivity index (χ1n) is 8.61. The summed E-state index contributed by atoms with van der Waals surface area (Å²) in [5, 5.41) is 4.12. The van der Waals surface area contributed by atoms with E-state index in [0.717, 1.165) is 12.1 Å². The van der Waals surface area contributed by atoms with Gasteiger partial charge in [0.2, 0.25) is 5.88 Å². The third-order valence-corrected chi connectivity index (χ3v) is 4.84. The number of rotatable bonds is 4. The Hall–Kier alpha value is -3.01. The fraction of sp³-hybridized carbons (Fsp3) is 0.0500. The molecule has 2 N–H and O–H groups in total. The standard InChI is InChI=1S/C20H11Cl3F3N3O3/c21-13-6-5-11(8-12(13)20(24,25)26)32-16-7-4-10(9-27-16)28-19(31)29-18(30)17-14(22)2-1-3-15(17)23/h1-9H,(H2,28,29,30,31). The number of hydrogen-bond donors (Lipinski definition) is 2. The Morgan fingerprint density at radius 1 is 0.938 bits per heavy atom. The predicted molar refractivity (Wildman–Crippen MR) is 114 cm³/mol. The molecule has 3 rings (SSSR count). The maximum atomic E-state index is 12.9. The number of ether oxygens (including phenoxy) is 1. The van der Waals surface area contributed by atoms with Crippen LogP contribution < -0.4 is 15.4 Å². The molecule has 0 spiro atoms. The van der Waals surface area contributed by atoms with E-state index in [9.17, 15) is 22.8 Å². The number of halogens is 6. The maximum Gasteiger partial charge on any atom is 0.417 e. The van der Waals surface area contributed by atoms with Crippen LogP contribution in [0.5, 0.6) is 11.6 Å². The molecular weight excluding hydrogens is 494 g/mol. The number of hydrogen-bond acceptors (Lipinski definition) is 4. The van der Waals surface area contributed by atoms with Gasteiger partial charge in [-0.2, -0.15) is 13.2 Å². The van der Waals surface area contributed by atoms with Gasteiger partial charge in [0.15, 0.2) is 0 Å². The molecule has 1 aromatic heterocycles. The van der Waals surface area contributed by atoms with Crippen molar-refractivity contribution in [3.8, 4) is 11.6 Å². The lowest BCUT2D eigenvalue weighted by atomic mass is 10.2. The number of imide groups is 1. The second-order valence-electron chi connectivity index (χ2n) is 6.13. The summed E-state index contributed by atoms with van der Waals surface area (Å²) in [5.74, 6) is -0.977. The molecule has 0 saturated carbocycles. The van der Waals surface area contributed by atoms with Crippen LogP contribution in [0.3, 0.4) is 0 Å². The van der Waals surface area contributed by atoms with Gasteiger partial charge >= 0.3 is 12.2 Å². The molecule has 166 valence electrons. The van der Waals surface area contributed by atoms with Crippen molar-refractivity contribution in [2.45, 2.75) is 6.18 Å². The van der Waals surface area contributed by atoms with Crippen molar-refractivity contribution >= 4 is 52.4 Å². The second kappa shape index (κ2) is 9.64. The van der Waals surface area contributed by atoms with E-state index < -0.39 is 28.7 Å². The molecule has 0 fully saturated rings. The summed E-state index contributed by atoms with van der Waals surface area (Å²) in [4.78, 5) is 28.2. The SMILES string of the molecule is O=C(NC(=O)c1c(Cl)cccc1Cl)Nc1ccc(Oc2ccc(Cl)c(C(F)(F)F)c2)nc1. The number of carbonyl (C=O) groups is 2. The van der Waals surface area contributed by atoms with E-state index in [0.29, 0.717) is 0 Å². The van der Waals surface area contributed by atoms with Crippen molar-refractivity contribution in [1.82, 2.24) is 10.3 Å². The molecule has 0 saturated heterocycles. The van der Waals surface area contributed by atoms with E-state index in [4.69, 9.17) is 39.5 Å². The molecule has 0 aliphatic rings. The van der Waals surface area contributed by atoms with Gasteiger partial charge in [0.1, 0.15) is 5.75 Å². The Labute approximate surface area is 194 Å². The molecule has 0 bridgehead atoms. The topological polar surface area (TPSA) is 80.3 Å². The smallest absolute Gasteiger partial charge is 0.417 e. The van der Waals surface area contributed by atoms with E-state index in [-0.39, 0.29) is 32.9 Å². The Bertz CT molecular complexity index is 1150. The van der Waals surface area contributed by atoms with Crippen LogP contribution in [0.2, 0.25) is 15.1 Å². The van der Waals surface area contributed by atoms with E-state index >= 15 is 0 Å². The van der Waals surface area contributed by atoms with Gasteiger partial charge in [0.25, 0.3) is 5.91 Å². The Morgan fingerprint density at radius 3 is 2.22 bits per heavy atom. The van der Waals surface area contributed by atoms with E-state index in [1.165, 1.54) is 36.5 Å². The van der Waals surface area contributed by atoms with Crippen LogP contribution in [-0.4, -0.2) is 16.9 Å². The van der Waals surface area contributed by atoms with Crippen molar-refractivity contribution < 1.29 is 27.5 Å². The predicted octanol–water partition coefficient (Wildman–Crippen LogP) is 6.81. The van der Waals surface area contributed by atoms with Gasteiger partial charge in [0.05, 0.1) is 38.1 Å². The maximum absolute atomic E-state index is 12.9. The molecule has 0 aliphatic carbocycles. The van der Waals surface area contributed by atoms with Crippen LogP contribution >= 0.6 is 34.8 Å². The highest BCUT2D eigenvalue weighted by Gasteiger charge is 2.33. The van der Waals surface area contributed by atoms with Crippen molar-refractivity contribution in [2.75, 3.05) is 5.32 Å². The molecule has 0 unspecified atom stereocenters. The fourth-order valence-corrected chi connectivity index (χ4v) is 3.26. The number of anilines is 1. The Kier molecular flexibility index (Phi) is 7.12. The highest BCUT2D eigenvalue weighted by Crippen LogP contribution is 2.37. The van der Waals surface area contributed by atoms with Gasteiger partial charge < -0.3 is 10.1 Å². The second-order valence-corrected chi connectivity index (χ2v) is 7.35. The zero-order valence-electron chi connectivity index (χ0n) is 15.6. The molecule has 3 amide bonds. The third kappa shape index (κ3) is 5.82. The molecule has 32 heavy (non-hydrogen) atoms. The highest BCUT2D eigenvalue weighted by atomic mass is 35.5. The zero-order valence-corrected chi connectivity index (χ0v) is 17.9. The lowest BCUT2D eigenvalue weighted by molar-refractivity contribution is -0.137. The van der Waals surface area contributed by atoms with E-state index in [1.807, 2.05) is 0 Å². The average molecular weight is 505 g/mol. The van der Waals surface area contributed by atoms with Crippen LogP contribution in [0.15, 0.2) is 54.7 Å². The first-order chi connectivity index (χ1) is 15.0. The number of benzene rings is 2. The summed E-state index contributed by atoms with van der Waals surface area (Å²) in [6, 6.07) is 9.29. The number of alkyl halides is 3. The molecule has 0 aliphatic heterocycles. The van der Waals surface area contributed by atoms with Crippen LogP contribution in [0, 0.1) is 0 Å². The molecule has 12 heteroatoms. The van der Waals surface area contributed by atoms with Crippen molar-refractivity contribution in [2.24, 2.45) is 0 Å². The largest absolute Gasteiger partial charge is 0.439 e. The van der Waals surface area contributed by atoms with Gasteiger partial charge in [-0.25, -0.2) is 9.78 Å². The number of nitrogens with zero attached hydrogens (tertiary/aromatic N) is 1. The van der Waals surface area contributed by atoms with Crippen LogP contribution in [0.4, 0.5) is 23.7 Å². The summed E-state index contributed by atoms with van der Waals surface area (Å²) in [7, 11) is 0. The van der Waals surface area contributed by atoms with E-state index in [1.54, 1.807) is 6.07 Å². The normalized spacial score (nSPS) is 11.1. The van der Waals surface area contributed by atoms with Crippen molar-refractivity contribution in [3.05, 3.63) is 80.9 Å². The van der Waals surface area contributed by atoms with E-state index in [2.05, 4.69) is 15.6 Å². The van der Waals surface area contributed by atoms with Crippen molar-refractivity contribution in [1.29, 1.82) is 0 Å². The molecule has 0 radical (unpaired) electrons. The first-order valence-corrected chi connectivity index (χ1v) is 9.75. The van der Waals surface area contributed by atoms with Gasteiger partial charge in [-0.15, -0.1) is 0 Å². The van der Waals surface area contributed by atoms with Gasteiger partial charge in [-0.05, 0) is 36.4 Å². The Morgan fingerprint density at radius 2 is 1.62 bits per heavy atom. The minimum atomic E-state index is -4.64. The number of pyridine rings is 1. The number of carbonyl (C=O) groups excluding carboxylic acids is 2. The quantitative estimate of drug-likeness (QED) is 0.409. The number of nitrogens with one attached hydrogen (secondary N) is 2. The molecule has 1 heterocycles. The molecular formula is C20H11Cl3F3N3O3. The van der Waals surface area contributed by atoms with Crippen LogP contribution in [0.1, 0.15) is 15.9 Å². The summed E-state index contributed by atoms with van der Waals surface area (Å²) in [5.41, 5.74) is -0.927. The summed E-state index contributed by atoms with van der Waals surface area (Å²) in [6.45, 7) is 0. The van der Waals surface area contributed by atoms with Crippen molar-refractivity contribution in [3.63, 3.8) is 0 Å². The minimum Gasteiger partial charge on any atom is -0.439 e. The van der Waals surface area contributed by atoms with Crippen LogP contribution in [-0.2, 0) is 6.18 Å². The Balaban J connectivity index is 1.64. The zero-order chi connectivity index (χ0) is 23.5. The van der Waals surface area contributed by atoms with Gasteiger partial charge in [-0.1, -0.05) is 40.9 Å². The number of urea groups is 1. The average Bonchev–Trinajstić information content (AvgIpc) is 2.70. The third-order valence-electron chi connectivity index (χ3n) is 3.88. The summed E-state index contributed by atoms with van der Waals surface area (Å²) < 4.78 is 44.1. The van der Waals surface area contributed by atoms with Crippen LogP contribution in [0.25, 0.3) is 0 Å². The first kappa shape index (κ1) is 23.6. The fourth-order valence-electron chi connectivity index (χ4n) is 2.46. The minimum absolute atomic E-state index is 0.0367. The number of aromatic nitrogens is 1. The molecule has 6 nitrogen and oxygen atoms in total. The summed E-state index contributed by atoms with van der Waals surface area (Å²) in [6.07, 6.45) is -3.46. The molecule has 0 atom stereocenters.